The van der Waals surface area contributed by atoms with Gasteiger partial charge in [0.15, 0.2) is 5.16 Å². The van der Waals surface area contributed by atoms with Gasteiger partial charge in [0.2, 0.25) is 0 Å². The van der Waals surface area contributed by atoms with E-state index in [1.165, 1.54) is 0 Å². The molecule has 2 aromatic carbocycles. The third kappa shape index (κ3) is 5.67. The molecule has 30 heavy (non-hydrogen) atoms. The van der Waals surface area contributed by atoms with Crippen molar-refractivity contribution in [2.75, 3.05) is 0 Å². The summed E-state index contributed by atoms with van der Waals surface area (Å²) < 4.78 is 0. The van der Waals surface area contributed by atoms with Gasteiger partial charge in [0.05, 0.1) is 0 Å². The van der Waals surface area contributed by atoms with Crippen molar-refractivity contribution in [2.24, 2.45) is 0 Å². The first-order valence-electron chi connectivity index (χ1n) is 9.54. The largest absolute Gasteiger partial charge is 0.269 e. The molecule has 7 heteroatoms. The topological polar surface area (TPSA) is 84.0 Å². The van der Waals surface area contributed by atoms with Crippen LogP contribution in [0.2, 0.25) is 0 Å². The normalized spacial score (nSPS) is 10.5. The summed E-state index contributed by atoms with van der Waals surface area (Å²) in [6.07, 6.45) is 0. The lowest BCUT2D eigenvalue weighted by Crippen LogP contribution is -2.41. The number of carbonyl (C=O) groups is 2. The van der Waals surface area contributed by atoms with Crippen LogP contribution in [0.4, 0.5) is 0 Å². The summed E-state index contributed by atoms with van der Waals surface area (Å²) in [6, 6.07) is 14.7. The molecule has 0 aliphatic rings. The minimum atomic E-state index is -0.370. The van der Waals surface area contributed by atoms with Crippen LogP contribution in [0.25, 0.3) is 0 Å². The highest BCUT2D eigenvalue weighted by molar-refractivity contribution is 7.98. The van der Waals surface area contributed by atoms with E-state index < -0.39 is 0 Å². The Morgan fingerprint density at radius 2 is 1.47 bits per heavy atom. The Balaban J connectivity index is 1.55. The minimum Gasteiger partial charge on any atom is -0.267 e. The number of aromatic nitrogens is 2. The highest BCUT2D eigenvalue weighted by Crippen LogP contribution is 2.20. The fourth-order valence-electron chi connectivity index (χ4n) is 2.98. The zero-order valence-electron chi connectivity index (χ0n) is 17.4. The number of hydrazine groups is 1. The summed E-state index contributed by atoms with van der Waals surface area (Å²) in [7, 11) is 0. The van der Waals surface area contributed by atoms with Gasteiger partial charge in [-0.3, -0.25) is 20.4 Å². The highest BCUT2D eigenvalue weighted by atomic mass is 32.2. The van der Waals surface area contributed by atoms with Gasteiger partial charge in [0, 0.05) is 28.3 Å². The summed E-state index contributed by atoms with van der Waals surface area (Å²) in [4.78, 5) is 33.5. The molecule has 0 aliphatic heterocycles. The van der Waals surface area contributed by atoms with Gasteiger partial charge < -0.3 is 0 Å². The van der Waals surface area contributed by atoms with E-state index in [1.807, 2.05) is 58.0 Å². The fourth-order valence-corrected chi connectivity index (χ4v) is 3.89. The van der Waals surface area contributed by atoms with Crippen molar-refractivity contribution in [3.63, 3.8) is 0 Å². The van der Waals surface area contributed by atoms with Gasteiger partial charge in [-0.2, -0.15) is 0 Å². The van der Waals surface area contributed by atoms with Crippen LogP contribution in [0, 0.1) is 27.7 Å². The van der Waals surface area contributed by atoms with Crippen molar-refractivity contribution in [3.05, 3.63) is 87.7 Å². The van der Waals surface area contributed by atoms with Crippen LogP contribution in [0.15, 0.2) is 53.7 Å². The highest BCUT2D eigenvalue weighted by Gasteiger charge is 2.11. The maximum atomic E-state index is 12.3. The molecule has 3 aromatic rings. The van der Waals surface area contributed by atoms with E-state index in [9.17, 15) is 9.59 Å². The van der Waals surface area contributed by atoms with Gasteiger partial charge in [-0.1, -0.05) is 41.6 Å². The first-order chi connectivity index (χ1) is 14.3. The van der Waals surface area contributed by atoms with Crippen LogP contribution >= 0.6 is 11.8 Å². The third-order valence-electron chi connectivity index (χ3n) is 4.46. The van der Waals surface area contributed by atoms with Crippen LogP contribution in [0.1, 0.15) is 48.8 Å². The Hall–Kier alpha value is -3.19. The maximum Gasteiger partial charge on any atom is 0.269 e. The van der Waals surface area contributed by atoms with Crippen LogP contribution in [-0.2, 0) is 5.75 Å². The molecule has 1 aromatic heterocycles. The van der Waals surface area contributed by atoms with E-state index in [0.29, 0.717) is 16.9 Å². The third-order valence-corrected chi connectivity index (χ3v) is 5.38. The molecule has 2 amide bonds. The number of nitrogens with zero attached hydrogens (tertiary/aromatic N) is 2. The molecule has 2 N–H and O–H groups in total. The summed E-state index contributed by atoms with van der Waals surface area (Å²) in [5.41, 5.74) is 10.8. The number of thioether (sulfide) groups is 1. The lowest BCUT2D eigenvalue weighted by atomic mass is 10.1. The molecule has 0 radical (unpaired) electrons. The van der Waals surface area contributed by atoms with Gasteiger partial charge in [-0.15, -0.1) is 0 Å². The van der Waals surface area contributed by atoms with E-state index in [4.69, 9.17) is 0 Å². The number of carbonyl (C=O) groups excluding carboxylic acids is 2. The molecule has 0 unspecified atom stereocenters. The zero-order valence-corrected chi connectivity index (χ0v) is 18.3. The van der Waals surface area contributed by atoms with Crippen LogP contribution < -0.4 is 10.9 Å². The average molecular weight is 421 g/mol. The average Bonchev–Trinajstić information content (AvgIpc) is 2.70. The molecule has 154 valence electrons. The molecular weight excluding hydrogens is 396 g/mol. The second kappa shape index (κ2) is 9.54. The van der Waals surface area contributed by atoms with Crippen molar-refractivity contribution in [1.82, 2.24) is 20.8 Å². The van der Waals surface area contributed by atoms with E-state index in [1.54, 1.807) is 30.0 Å². The smallest absolute Gasteiger partial charge is 0.267 e. The maximum absolute atomic E-state index is 12.3. The van der Waals surface area contributed by atoms with Crippen LogP contribution in [0.3, 0.4) is 0 Å². The van der Waals surface area contributed by atoms with Crippen molar-refractivity contribution in [3.8, 4) is 0 Å². The first-order valence-corrected chi connectivity index (χ1v) is 10.5. The number of nitrogens with one attached hydrogen (secondary N) is 2. The fraction of sp³-hybridized carbons (Fsp3) is 0.217. The molecule has 1 heterocycles. The van der Waals surface area contributed by atoms with Gasteiger partial charge in [-0.05, 0) is 63.1 Å². The molecule has 0 bridgehead atoms. The van der Waals surface area contributed by atoms with E-state index in [2.05, 4.69) is 20.8 Å². The molecule has 0 saturated heterocycles. The monoisotopic (exact) mass is 420 g/mol. The summed E-state index contributed by atoms with van der Waals surface area (Å²) in [6.45, 7) is 7.73. The molecule has 6 nitrogen and oxygen atoms in total. The van der Waals surface area contributed by atoms with E-state index in [0.717, 1.165) is 33.2 Å². The van der Waals surface area contributed by atoms with E-state index in [-0.39, 0.29) is 11.8 Å². The Morgan fingerprint density at radius 1 is 0.833 bits per heavy atom. The lowest BCUT2D eigenvalue weighted by Gasteiger charge is -2.10. The lowest BCUT2D eigenvalue weighted by molar-refractivity contribution is 0.0846. The molecule has 0 aliphatic carbocycles. The second-order valence-electron chi connectivity index (χ2n) is 7.15. The Bertz CT molecular complexity index is 1060. The number of aryl methyl sites for hydroxylation is 4. The van der Waals surface area contributed by atoms with Crippen molar-refractivity contribution in [1.29, 1.82) is 0 Å². The molecule has 0 saturated carbocycles. The standard InChI is InChI=1S/C23H24N4O2S/c1-14-5-10-20(15(2)11-14)22(29)27-26-21(28)19-8-6-18(7-9-19)13-30-23-24-16(3)12-17(4)25-23/h5-12H,13H2,1-4H3,(H,26,28)(H,27,29). The number of hydrogen-bond acceptors (Lipinski definition) is 5. The van der Waals surface area contributed by atoms with Gasteiger partial charge in [0.25, 0.3) is 11.8 Å². The zero-order chi connectivity index (χ0) is 21.7. The number of amides is 2. The number of benzene rings is 2. The Kier molecular flexibility index (Phi) is 6.84. The van der Waals surface area contributed by atoms with Crippen molar-refractivity contribution >= 4 is 23.6 Å². The van der Waals surface area contributed by atoms with Crippen LogP contribution in [0.5, 0.6) is 0 Å². The summed E-state index contributed by atoms with van der Waals surface area (Å²) in [5, 5.41) is 0.739. The summed E-state index contributed by atoms with van der Waals surface area (Å²) >= 11 is 1.55. The predicted molar refractivity (Wildman–Crippen MR) is 118 cm³/mol. The number of hydrogen-bond donors (Lipinski definition) is 2. The van der Waals surface area contributed by atoms with E-state index >= 15 is 0 Å². The molecule has 0 spiro atoms. The Morgan fingerprint density at radius 3 is 2.10 bits per heavy atom. The van der Waals surface area contributed by atoms with Crippen molar-refractivity contribution < 1.29 is 9.59 Å². The predicted octanol–water partition coefficient (Wildman–Crippen LogP) is 4.08. The molecular formula is C23H24N4O2S. The molecule has 0 fully saturated rings. The van der Waals surface area contributed by atoms with Gasteiger partial charge in [0.1, 0.15) is 0 Å². The minimum absolute atomic E-state index is 0.345. The number of rotatable bonds is 5. The SMILES string of the molecule is Cc1ccc(C(=O)NNC(=O)c2ccc(CSc3nc(C)cc(C)n3)cc2)c(C)c1. The molecule has 3 rings (SSSR count). The second-order valence-corrected chi connectivity index (χ2v) is 8.09. The molecule has 0 atom stereocenters. The van der Waals surface area contributed by atoms with Crippen LogP contribution in [-0.4, -0.2) is 21.8 Å². The summed E-state index contributed by atoms with van der Waals surface area (Å²) in [5.74, 6) is -0.0129. The first kappa shape index (κ1) is 21.5. The van der Waals surface area contributed by atoms with Gasteiger partial charge >= 0.3 is 0 Å². The van der Waals surface area contributed by atoms with Crippen molar-refractivity contribution in [2.45, 2.75) is 38.6 Å². The van der Waals surface area contributed by atoms with Gasteiger partial charge in [-0.25, -0.2) is 9.97 Å². The quantitative estimate of drug-likeness (QED) is 0.369. The Labute approximate surface area is 180 Å².